The maximum Gasteiger partial charge on any atom is 0.118 e. The quantitative estimate of drug-likeness (QED) is 0.484. The molecule has 0 nitrogen and oxygen atoms in total. The molecule has 0 amide bonds. The van der Waals surface area contributed by atoms with Gasteiger partial charge in [0.05, 0.1) is 0 Å². The molecule has 0 atom stereocenters. The highest BCUT2D eigenvalue weighted by atomic mass is 19.1. The summed E-state index contributed by atoms with van der Waals surface area (Å²) in [5.41, 5.74) is 0. The Hall–Kier alpha value is -0.590. The topological polar surface area (TPSA) is 0 Å². The first-order valence-electron chi connectivity index (χ1n) is 2.79. The van der Waals surface area contributed by atoms with Gasteiger partial charge < -0.3 is 0 Å². The van der Waals surface area contributed by atoms with Crippen molar-refractivity contribution >= 4 is 0 Å². The summed E-state index contributed by atoms with van der Waals surface area (Å²) in [5, 5.41) is 0. The van der Waals surface area contributed by atoms with E-state index in [1.165, 1.54) is 12.2 Å². The lowest BCUT2D eigenvalue weighted by Crippen LogP contribution is -1.60. The van der Waals surface area contributed by atoms with E-state index in [1.54, 1.807) is 13.0 Å². The number of rotatable bonds is 2. The summed E-state index contributed by atoms with van der Waals surface area (Å²) in [6.07, 6.45) is 5.59. The van der Waals surface area contributed by atoms with Crippen molar-refractivity contribution < 1.29 is 4.39 Å². The van der Waals surface area contributed by atoms with Crippen LogP contribution in [0.5, 0.6) is 0 Å². The lowest BCUT2D eigenvalue weighted by molar-refractivity contribution is 0.664. The van der Waals surface area contributed by atoms with Crippen molar-refractivity contribution in [1.82, 2.24) is 0 Å². The van der Waals surface area contributed by atoms with Gasteiger partial charge in [0.15, 0.2) is 0 Å². The smallest absolute Gasteiger partial charge is 0.118 e. The Morgan fingerprint density at radius 1 is 1.62 bits per heavy atom. The van der Waals surface area contributed by atoms with Crippen LogP contribution in [0.15, 0.2) is 24.1 Å². The van der Waals surface area contributed by atoms with Crippen LogP contribution in [0.4, 0.5) is 4.39 Å². The molecule has 0 aliphatic heterocycles. The van der Waals surface area contributed by atoms with Crippen LogP contribution in [0.3, 0.4) is 0 Å². The highest BCUT2D eigenvalue weighted by molar-refractivity contribution is 5.08. The first-order valence-corrected chi connectivity index (χ1v) is 2.79. The molecule has 0 bridgehead atoms. The summed E-state index contributed by atoms with van der Waals surface area (Å²) in [4.78, 5) is 0. The first-order chi connectivity index (χ1) is 3.81. The summed E-state index contributed by atoms with van der Waals surface area (Å²) in [6.45, 7) is 3.65. The standard InChI is InChI=1S/C7H11F/c1-3-5-6-7(8)4-2/h4-6H,3H2,1-2H3/b6-5?,7-4+. The van der Waals surface area contributed by atoms with Gasteiger partial charge in [0, 0.05) is 0 Å². The van der Waals surface area contributed by atoms with Crippen molar-refractivity contribution in [3.05, 3.63) is 24.1 Å². The highest BCUT2D eigenvalue weighted by Crippen LogP contribution is 1.97. The molecule has 0 saturated heterocycles. The Labute approximate surface area is 49.7 Å². The van der Waals surface area contributed by atoms with Crippen molar-refractivity contribution in [2.24, 2.45) is 0 Å². The van der Waals surface area contributed by atoms with E-state index in [2.05, 4.69) is 0 Å². The largest absolute Gasteiger partial charge is 0.207 e. The van der Waals surface area contributed by atoms with Crippen molar-refractivity contribution in [3.63, 3.8) is 0 Å². The van der Waals surface area contributed by atoms with Crippen LogP contribution in [0.2, 0.25) is 0 Å². The van der Waals surface area contributed by atoms with Gasteiger partial charge in [-0.1, -0.05) is 19.1 Å². The highest BCUT2D eigenvalue weighted by Gasteiger charge is 1.77. The minimum Gasteiger partial charge on any atom is -0.207 e. The molecule has 0 N–H and O–H groups in total. The zero-order valence-corrected chi connectivity index (χ0v) is 5.32. The predicted molar refractivity (Wildman–Crippen MR) is 34.3 cm³/mol. The molecule has 0 saturated carbocycles. The Balaban J connectivity index is 3.53. The molecular formula is C7H11F. The van der Waals surface area contributed by atoms with Gasteiger partial charge in [0.1, 0.15) is 5.83 Å². The summed E-state index contributed by atoms with van der Waals surface area (Å²) < 4.78 is 12.1. The third-order valence-electron chi connectivity index (χ3n) is 0.789. The first kappa shape index (κ1) is 7.41. The third kappa shape index (κ3) is 3.59. The molecule has 0 aromatic heterocycles. The number of hydrogen-bond acceptors (Lipinski definition) is 0. The minimum absolute atomic E-state index is 0.160. The van der Waals surface area contributed by atoms with Gasteiger partial charge in [-0.2, -0.15) is 0 Å². The molecule has 0 heterocycles. The Kier molecular flexibility index (Phi) is 4.23. The van der Waals surface area contributed by atoms with Gasteiger partial charge >= 0.3 is 0 Å². The van der Waals surface area contributed by atoms with Gasteiger partial charge in [0.2, 0.25) is 0 Å². The second kappa shape index (κ2) is 4.57. The lowest BCUT2D eigenvalue weighted by Gasteiger charge is -1.79. The van der Waals surface area contributed by atoms with Crippen molar-refractivity contribution in [1.29, 1.82) is 0 Å². The van der Waals surface area contributed by atoms with Crippen molar-refractivity contribution in [2.75, 3.05) is 0 Å². The van der Waals surface area contributed by atoms with Crippen LogP contribution >= 0.6 is 0 Å². The number of allylic oxidation sites excluding steroid dienone is 4. The van der Waals surface area contributed by atoms with E-state index in [4.69, 9.17) is 0 Å². The molecule has 0 fully saturated rings. The normalized spacial score (nSPS) is 13.1. The van der Waals surface area contributed by atoms with E-state index >= 15 is 0 Å². The average molecular weight is 114 g/mol. The van der Waals surface area contributed by atoms with Crippen LogP contribution in [-0.4, -0.2) is 0 Å². The molecule has 0 radical (unpaired) electrons. The van der Waals surface area contributed by atoms with E-state index in [1.807, 2.05) is 6.92 Å². The van der Waals surface area contributed by atoms with Gasteiger partial charge in [-0.15, -0.1) is 0 Å². The predicted octanol–water partition coefficient (Wildman–Crippen LogP) is 2.83. The molecule has 0 unspecified atom stereocenters. The SMILES string of the molecule is C/C=C(/F)C=CCC. The van der Waals surface area contributed by atoms with E-state index in [-0.39, 0.29) is 5.83 Å². The molecule has 0 spiro atoms. The van der Waals surface area contributed by atoms with Crippen LogP contribution in [0.1, 0.15) is 20.3 Å². The van der Waals surface area contributed by atoms with E-state index < -0.39 is 0 Å². The minimum atomic E-state index is -0.160. The Morgan fingerprint density at radius 2 is 2.25 bits per heavy atom. The summed E-state index contributed by atoms with van der Waals surface area (Å²) >= 11 is 0. The molecule has 0 aliphatic carbocycles. The van der Waals surface area contributed by atoms with Gasteiger partial charge in [0.25, 0.3) is 0 Å². The Morgan fingerprint density at radius 3 is 2.62 bits per heavy atom. The van der Waals surface area contributed by atoms with Gasteiger partial charge in [-0.25, -0.2) is 4.39 Å². The molecule has 1 heteroatoms. The number of hydrogen-bond donors (Lipinski definition) is 0. The summed E-state index contributed by atoms with van der Waals surface area (Å²) in [5.74, 6) is -0.160. The zero-order chi connectivity index (χ0) is 6.41. The molecule has 0 rings (SSSR count). The maximum absolute atomic E-state index is 12.1. The lowest BCUT2D eigenvalue weighted by atomic mass is 10.4. The monoisotopic (exact) mass is 114 g/mol. The fourth-order valence-corrected chi connectivity index (χ4v) is 0.327. The molecular weight excluding hydrogens is 103 g/mol. The summed E-state index contributed by atoms with van der Waals surface area (Å²) in [6, 6.07) is 0. The molecule has 8 heavy (non-hydrogen) atoms. The second-order valence-electron chi connectivity index (χ2n) is 1.48. The van der Waals surface area contributed by atoms with Crippen LogP contribution in [0.25, 0.3) is 0 Å². The number of halogens is 1. The van der Waals surface area contributed by atoms with Crippen LogP contribution < -0.4 is 0 Å². The average Bonchev–Trinajstić information content (AvgIpc) is 1.83. The van der Waals surface area contributed by atoms with Crippen molar-refractivity contribution in [2.45, 2.75) is 20.3 Å². The van der Waals surface area contributed by atoms with Crippen molar-refractivity contribution in [3.8, 4) is 0 Å². The van der Waals surface area contributed by atoms with Crippen LogP contribution in [0, 0.1) is 0 Å². The van der Waals surface area contributed by atoms with E-state index in [0.717, 1.165) is 6.42 Å². The fourth-order valence-electron chi connectivity index (χ4n) is 0.327. The molecule has 0 aromatic rings. The van der Waals surface area contributed by atoms with E-state index in [9.17, 15) is 4.39 Å². The Bertz CT molecular complexity index is 101. The third-order valence-corrected chi connectivity index (χ3v) is 0.789. The maximum atomic E-state index is 12.1. The molecule has 0 aliphatic rings. The van der Waals surface area contributed by atoms with Gasteiger partial charge in [-0.3, -0.25) is 0 Å². The zero-order valence-electron chi connectivity index (χ0n) is 5.32. The second-order valence-corrected chi connectivity index (χ2v) is 1.48. The van der Waals surface area contributed by atoms with Gasteiger partial charge in [-0.05, 0) is 19.4 Å². The van der Waals surface area contributed by atoms with Crippen LogP contribution in [-0.2, 0) is 0 Å². The van der Waals surface area contributed by atoms with E-state index in [0.29, 0.717) is 0 Å². The summed E-state index contributed by atoms with van der Waals surface area (Å²) in [7, 11) is 0. The molecule has 46 valence electrons. The molecule has 0 aromatic carbocycles. The fraction of sp³-hybridized carbons (Fsp3) is 0.429.